The quantitative estimate of drug-likeness (QED) is 0.435. The Hall–Kier alpha value is -4.10. The first-order chi connectivity index (χ1) is 18.7. The maximum atomic E-state index is 14.5. The number of nitrogen functional groups attached to an aromatic ring is 1. The van der Waals surface area contributed by atoms with Crippen LogP contribution in [-0.4, -0.2) is 55.2 Å². The van der Waals surface area contributed by atoms with Crippen LogP contribution in [0.15, 0.2) is 30.6 Å². The molecule has 1 fully saturated rings. The van der Waals surface area contributed by atoms with E-state index in [1.165, 1.54) is 27.8 Å². The van der Waals surface area contributed by atoms with Crippen LogP contribution in [0.5, 0.6) is 0 Å². The van der Waals surface area contributed by atoms with Crippen LogP contribution in [0.1, 0.15) is 67.6 Å². The molecule has 2 aromatic heterocycles. The second kappa shape index (κ2) is 10.8. The fourth-order valence-electron chi connectivity index (χ4n) is 4.67. The highest BCUT2D eigenvalue weighted by Gasteiger charge is 2.35. The maximum Gasteiger partial charge on any atom is 0.419 e. The van der Waals surface area contributed by atoms with Gasteiger partial charge >= 0.3 is 12.3 Å². The number of nitrogens with two attached hydrogens (primary N) is 2. The van der Waals surface area contributed by atoms with Gasteiger partial charge in [-0.05, 0) is 46.1 Å². The summed E-state index contributed by atoms with van der Waals surface area (Å²) in [4.78, 5) is 26.5. The number of anilines is 1. The molecule has 1 aromatic carbocycles. The average molecular weight is 566 g/mol. The van der Waals surface area contributed by atoms with E-state index >= 15 is 0 Å². The highest BCUT2D eigenvalue weighted by Crippen LogP contribution is 2.34. The molecule has 0 unspecified atom stereocenters. The Labute approximate surface area is 227 Å². The van der Waals surface area contributed by atoms with Crippen LogP contribution in [-0.2, 0) is 17.5 Å². The molecule has 216 valence electrons. The fraction of sp³-hybridized carbons (Fsp3) is 0.462. The number of hydrogen-bond donors (Lipinski definition) is 2. The number of alkyl halides is 3. The Morgan fingerprint density at radius 1 is 1.15 bits per heavy atom. The lowest BCUT2D eigenvalue weighted by molar-refractivity contribution is -0.140. The number of likely N-dealkylation sites (tertiary alicyclic amines) is 1. The van der Waals surface area contributed by atoms with Crippen molar-refractivity contribution in [3.8, 4) is 11.3 Å². The largest absolute Gasteiger partial charge is 0.444 e. The molecule has 4 N–H and O–H groups in total. The van der Waals surface area contributed by atoms with Gasteiger partial charge in [-0.3, -0.25) is 9.48 Å². The number of rotatable bonds is 5. The number of nitrogens with zero attached hydrogens (tertiary/aromatic N) is 5. The molecule has 0 saturated carbocycles. The third-order valence-electron chi connectivity index (χ3n) is 6.51. The normalized spacial score (nSPS) is 16.6. The topological polar surface area (TPSA) is 134 Å². The third-order valence-corrected chi connectivity index (χ3v) is 6.51. The second-order valence-corrected chi connectivity index (χ2v) is 10.7. The summed E-state index contributed by atoms with van der Waals surface area (Å²) in [7, 11) is 0. The van der Waals surface area contributed by atoms with Gasteiger partial charge < -0.3 is 21.1 Å². The molecule has 1 aliphatic heterocycles. The highest BCUT2D eigenvalue weighted by molar-refractivity contribution is 6.03. The number of ether oxygens (including phenoxy) is 1. The molecule has 0 radical (unpaired) electrons. The molecule has 2 amide bonds. The Balaban J connectivity index is 1.58. The minimum Gasteiger partial charge on any atom is -0.444 e. The monoisotopic (exact) mass is 565 g/mol. The van der Waals surface area contributed by atoms with E-state index in [0.29, 0.717) is 44.0 Å². The van der Waals surface area contributed by atoms with Crippen LogP contribution in [0.2, 0.25) is 0 Å². The van der Waals surface area contributed by atoms with E-state index in [1.807, 2.05) is 0 Å². The Kier molecular flexibility index (Phi) is 7.81. The van der Waals surface area contributed by atoms with Crippen LogP contribution < -0.4 is 11.5 Å². The van der Waals surface area contributed by atoms with Crippen molar-refractivity contribution in [1.29, 1.82) is 0 Å². The van der Waals surface area contributed by atoms with Gasteiger partial charge in [-0.15, -0.1) is 0 Å². The van der Waals surface area contributed by atoms with Crippen molar-refractivity contribution in [2.75, 3.05) is 18.8 Å². The lowest BCUT2D eigenvalue weighted by atomic mass is 10.1. The van der Waals surface area contributed by atoms with Crippen LogP contribution >= 0.6 is 0 Å². The van der Waals surface area contributed by atoms with Crippen LogP contribution in [0.3, 0.4) is 0 Å². The van der Waals surface area contributed by atoms with Gasteiger partial charge in [0.15, 0.2) is 0 Å². The summed E-state index contributed by atoms with van der Waals surface area (Å²) in [5.74, 6) is -2.15. The standard InChI is InChI=1S/C26H31F4N7O3/c1-25(2,3)40-24(39)35-10-5-7-17(9-11-35)37-22(31)19(23(32)38)21(34-37)16-12-33-36(14-16)13-15-6-4-8-18(20(15)27)26(28,29)30/h4,6,8,12,14,17H,5,7,9-11,13,31H2,1-3H3,(H2,32,38)/t17-/m0/s1. The molecule has 0 aliphatic carbocycles. The van der Waals surface area contributed by atoms with Crippen molar-refractivity contribution >= 4 is 17.8 Å². The summed E-state index contributed by atoms with van der Waals surface area (Å²) in [5.41, 5.74) is 10.2. The van der Waals surface area contributed by atoms with Crippen molar-refractivity contribution in [3.63, 3.8) is 0 Å². The minimum atomic E-state index is -4.84. The first kappa shape index (κ1) is 28.9. The number of hydrogen-bond acceptors (Lipinski definition) is 6. The van der Waals surface area contributed by atoms with Gasteiger partial charge in [-0.2, -0.15) is 23.4 Å². The highest BCUT2D eigenvalue weighted by atomic mass is 19.4. The smallest absolute Gasteiger partial charge is 0.419 e. The number of primary amides is 1. The molecule has 1 saturated heterocycles. The molecule has 1 atom stereocenters. The molecule has 10 nitrogen and oxygen atoms in total. The first-order valence-electron chi connectivity index (χ1n) is 12.7. The van der Waals surface area contributed by atoms with Crippen molar-refractivity contribution in [1.82, 2.24) is 24.5 Å². The van der Waals surface area contributed by atoms with E-state index in [4.69, 9.17) is 16.2 Å². The summed E-state index contributed by atoms with van der Waals surface area (Å²) in [5, 5.41) is 8.67. The molecule has 0 bridgehead atoms. The van der Waals surface area contributed by atoms with Crippen molar-refractivity contribution < 1.29 is 31.9 Å². The zero-order chi connectivity index (χ0) is 29.4. The average Bonchev–Trinajstić information content (AvgIpc) is 3.34. The van der Waals surface area contributed by atoms with E-state index < -0.39 is 35.2 Å². The van der Waals surface area contributed by atoms with Crippen molar-refractivity contribution in [2.45, 2.75) is 64.4 Å². The number of carbonyl (C=O) groups excluding carboxylic acids is 2. The zero-order valence-electron chi connectivity index (χ0n) is 22.3. The van der Waals surface area contributed by atoms with Crippen LogP contribution in [0, 0.1) is 5.82 Å². The Morgan fingerprint density at radius 2 is 1.88 bits per heavy atom. The lowest BCUT2D eigenvalue weighted by Gasteiger charge is -2.26. The molecular formula is C26H31F4N7O3. The zero-order valence-corrected chi connectivity index (χ0v) is 22.3. The summed E-state index contributed by atoms with van der Waals surface area (Å²) in [6, 6.07) is 2.78. The van der Waals surface area contributed by atoms with Gasteiger partial charge in [0.2, 0.25) is 0 Å². The van der Waals surface area contributed by atoms with Crippen molar-refractivity contribution in [2.24, 2.45) is 5.73 Å². The van der Waals surface area contributed by atoms with Gasteiger partial charge in [0.1, 0.15) is 28.5 Å². The van der Waals surface area contributed by atoms with E-state index in [1.54, 1.807) is 25.7 Å². The molecule has 14 heteroatoms. The number of aromatic nitrogens is 4. The summed E-state index contributed by atoms with van der Waals surface area (Å²) in [6.07, 6.45) is -0.710. The fourth-order valence-corrected chi connectivity index (χ4v) is 4.67. The number of benzene rings is 1. The van der Waals surface area contributed by atoms with E-state index in [2.05, 4.69) is 10.2 Å². The molecular weight excluding hydrogens is 534 g/mol. The predicted octanol–water partition coefficient (Wildman–Crippen LogP) is 4.60. The van der Waals surface area contributed by atoms with Gasteiger partial charge in [0.25, 0.3) is 5.91 Å². The molecule has 0 spiro atoms. The molecule has 3 heterocycles. The van der Waals surface area contributed by atoms with Crippen LogP contribution in [0.4, 0.5) is 28.2 Å². The third kappa shape index (κ3) is 6.20. The van der Waals surface area contributed by atoms with Gasteiger partial charge in [-0.25, -0.2) is 13.9 Å². The van der Waals surface area contributed by atoms with Gasteiger partial charge in [-0.1, -0.05) is 12.1 Å². The molecule has 3 aromatic rings. The van der Waals surface area contributed by atoms with Crippen molar-refractivity contribution in [3.05, 3.63) is 53.1 Å². The van der Waals surface area contributed by atoms with Crippen LogP contribution in [0.25, 0.3) is 11.3 Å². The SMILES string of the molecule is CC(C)(C)OC(=O)N1CCC[C@H](n2nc(-c3cnn(Cc4cccc(C(F)(F)F)c4F)c3)c(C(N)=O)c2N)CC1. The maximum absolute atomic E-state index is 14.5. The van der Waals surface area contributed by atoms with E-state index in [9.17, 15) is 27.2 Å². The Morgan fingerprint density at radius 3 is 2.52 bits per heavy atom. The second-order valence-electron chi connectivity index (χ2n) is 10.7. The van der Waals surface area contributed by atoms with Gasteiger partial charge in [0, 0.05) is 30.4 Å². The molecule has 1 aliphatic rings. The summed E-state index contributed by atoms with van der Waals surface area (Å²) >= 11 is 0. The first-order valence-corrected chi connectivity index (χ1v) is 12.7. The predicted molar refractivity (Wildman–Crippen MR) is 138 cm³/mol. The number of carbonyl (C=O) groups is 2. The van der Waals surface area contributed by atoms with E-state index in [-0.39, 0.29) is 35.2 Å². The molecule has 4 rings (SSSR count). The lowest BCUT2D eigenvalue weighted by Crippen LogP contribution is -2.37. The minimum absolute atomic E-state index is 0.0296. The summed E-state index contributed by atoms with van der Waals surface area (Å²) < 4.78 is 62.1. The Bertz CT molecular complexity index is 1410. The van der Waals surface area contributed by atoms with Gasteiger partial charge in [0.05, 0.1) is 24.3 Å². The molecule has 40 heavy (non-hydrogen) atoms. The van der Waals surface area contributed by atoms with E-state index in [0.717, 1.165) is 6.07 Å². The number of halogens is 4. The number of amides is 2. The summed E-state index contributed by atoms with van der Waals surface area (Å²) in [6.45, 7) is 5.96.